The number of benzene rings is 1. The molecular weight excluding hydrogens is 306 g/mol. The molecule has 2 atom stereocenters. The number of piperidine rings is 1. The van der Waals surface area contributed by atoms with Gasteiger partial charge in [0, 0.05) is 10.0 Å². The molecule has 19 heavy (non-hydrogen) atoms. The van der Waals surface area contributed by atoms with Crippen LogP contribution in [0.2, 0.25) is 0 Å². The SMILES string of the molecule is C[C@@]1(N2CCCCC2)COc2ccc(Br)cc2[C@H]1O. The van der Waals surface area contributed by atoms with Crippen LogP contribution in [0.25, 0.3) is 0 Å². The molecule has 1 aromatic carbocycles. The first-order valence-electron chi connectivity index (χ1n) is 6.96. The Bertz CT molecular complexity index is 473. The Balaban J connectivity index is 1.92. The lowest BCUT2D eigenvalue weighted by Gasteiger charge is -2.48. The highest BCUT2D eigenvalue weighted by Crippen LogP contribution is 2.42. The first-order chi connectivity index (χ1) is 9.11. The van der Waals surface area contributed by atoms with Gasteiger partial charge in [0.25, 0.3) is 0 Å². The van der Waals surface area contributed by atoms with Crippen LogP contribution in [-0.4, -0.2) is 35.2 Å². The average molecular weight is 326 g/mol. The number of halogens is 1. The monoisotopic (exact) mass is 325 g/mol. The molecule has 0 saturated carbocycles. The summed E-state index contributed by atoms with van der Waals surface area (Å²) in [5, 5.41) is 10.8. The smallest absolute Gasteiger partial charge is 0.125 e. The number of aliphatic hydroxyl groups excluding tert-OH is 1. The molecule has 1 N–H and O–H groups in total. The predicted octanol–water partition coefficient (Wildman–Crippen LogP) is 3.12. The molecule has 2 heterocycles. The van der Waals surface area contributed by atoms with Gasteiger partial charge in [0.2, 0.25) is 0 Å². The lowest BCUT2D eigenvalue weighted by molar-refractivity contribution is -0.0713. The van der Waals surface area contributed by atoms with Crippen molar-refractivity contribution >= 4 is 15.9 Å². The van der Waals surface area contributed by atoms with Crippen molar-refractivity contribution in [1.82, 2.24) is 4.90 Å². The molecular formula is C15H20BrNO2. The highest BCUT2D eigenvalue weighted by Gasteiger charge is 2.44. The number of ether oxygens (including phenoxy) is 1. The molecule has 0 spiro atoms. The second-order valence-electron chi connectivity index (χ2n) is 5.78. The number of fused-ring (bicyclic) bond motifs is 1. The molecule has 0 aliphatic carbocycles. The van der Waals surface area contributed by atoms with Gasteiger partial charge in [0.05, 0.1) is 5.54 Å². The maximum Gasteiger partial charge on any atom is 0.125 e. The van der Waals surface area contributed by atoms with Gasteiger partial charge in [-0.2, -0.15) is 0 Å². The zero-order chi connectivity index (χ0) is 13.5. The van der Waals surface area contributed by atoms with Crippen LogP contribution in [-0.2, 0) is 0 Å². The first kappa shape index (κ1) is 13.4. The third-order valence-corrected chi connectivity index (χ3v) is 4.95. The Kier molecular flexibility index (Phi) is 3.58. The summed E-state index contributed by atoms with van der Waals surface area (Å²) in [6.07, 6.45) is 3.24. The summed E-state index contributed by atoms with van der Waals surface area (Å²) in [6, 6.07) is 5.86. The van der Waals surface area contributed by atoms with Crippen molar-refractivity contribution in [2.45, 2.75) is 37.8 Å². The van der Waals surface area contributed by atoms with Crippen molar-refractivity contribution in [2.24, 2.45) is 0 Å². The van der Waals surface area contributed by atoms with Gasteiger partial charge in [-0.3, -0.25) is 4.90 Å². The van der Waals surface area contributed by atoms with E-state index in [9.17, 15) is 5.11 Å². The zero-order valence-electron chi connectivity index (χ0n) is 11.2. The van der Waals surface area contributed by atoms with Crippen LogP contribution < -0.4 is 4.74 Å². The Morgan fingerprint density at radius 3 is 2.79 bits per heavy atom. The molecule has 1 saturated heterocycles. The van der Waals surface area contributed by atoms with E-state index in [4.69, 9.17) is 4.74 Å². The van der Waals surface area contributed by atoms with Gasteiger partial charge >= 0.3 is 0 Å². The fraction of sp³-hybridized carbons (Fsp3) is 0.600. The van der Waals surface area contributed by atoms with Gasteiger partial charge in [0.1, 0.15) is 18.5 Å². The third-order valence-electron chi connectivity index (χ3n) is 4.45. The highest BCUT2D eigenvalue weighted by molar-refractivity contribution is 9.10. The molecule has 3 nitrogen and oxygen atoms in total. The van der Waals surface area contributed by atoms with Crippen molar-refractivity contribution in [3.63, 3.8) is 0 Å². The molecule has 1 fully saturated rings. The lowest BCUT2D eigenvalue weighted by Crippen LogP contribution is -2.57. The molecule has 0 aromatic heterocycles. The molecule has 104 valence electrons. The Morgan fingerprint density at radius 1 is 1.32 bits per heavy atom. The maximum absolute atomic E-state index is 10.8. The molecule has 0 unspecified atom stereocenters. The highest BCUT2D eigenvalue weighted by atomic mass is 79.9. The number of rotatable bonds is 1. The fourth-order valence-electron chi connectivity index (χ4n) is 3.17. The van der Waals surface area contributed by atoms with E-state index in [1.807, 2.05) is 18.2 Å². The van der Waals surface area contributed by atoms with Crippen molar-refractivity contribution in [1.29, 1.82) is 0 Å². The predicted molar refractivity (Wildman–Crippen MR) is 78.4 cm³/mol. The Morgan fingerprint density at radius 2 is 2.05 bits per heavy atom. The maximum atomic E-state index is 10.8. The van der Waals surface area contributed by atoms with E-state index >= 15 is 0 Å². The zero-order valence-corrected chi connectivity index (χ0v) is 12.8. The molecule has 2 aliphatic heterocycles. The van der Waals surface area contributed by atoms with Crippen molar-refractivity contribution in [2.75, 3.05) is 19.7 Å². The average Bonchev–Trinajstić information content (AvgIpc) is 2.45. The summed E-state index contributed by atoms with van der Waals surface area (Å²) in [5.41, 5.74) is 0.586. The lowest BCUT2D eigenvalue weighted by atomic mass is 9.84. The van der Waals surface area contributed by atoms with Crippen molar-refractivity contribution in [3.05, 3.63) is 28.2 Å². The van der Waals surface area contributed by atoms with Gasteiger partial charge in [-0.1, -0.05) is 22.4 Å². The van der Waals surface area contributed by atoms with Crippen LogP contribution in [0.15, 0.2) is 22.7 Å². The minimum absolute atomic E-state index is 0.311. The topological polar surface area (TPSA) is 32.7 Å². The molecule has 4 heteroatoms. The molecule has 0 radical (unpaired) electrons. The normalized spacial score (nSPS) is 31.6. The van der Waals surface area contributed by atoms with Crippen LogP contribution in [0.5, 0.6) is 5.75 Å². The molecule has 2 aliphatic rings. The van der Waals surface area contributed by atoms with Crippen LogP contribution >= 0.6 is 15.9 Å². The standard InChI is InChI=1S/C15H20BrNO2/c1-15(17-7-3-2-4-8-17)10-19-13-6-5-11(16)9-12(13)14(15)18/h5-6,9,14,18H,2-4,7-8,10H2,1H3/t14-,15-/m1/s1. The summed E-state index contributed by atoms with van der Waals surface area (Å²) >= 11 is 3.47. The number of aliphatic hydroxyl groups is 1. The van der Waals surface area contributed by atoms with E-state index in [2.05, 4.69) is 27.8 Å². The van der Waals surface area contributed by atoms with Crippen LogP contribution in [0.4, 0.5) is 0 Å². The number of hydrogen-bond donors (Lipinski definition) is 1. The quantitative estimate of drug-likeness (QED) is 0.861. The Labute approximate surface area is 122 Å². The third kappa shape index (κ3) is 2.30. The number of hydrogen-bond acceptors (Lipinski definition) is 3. The van der Waals surface area contributed by atoms with Crippen molar-refractivity contribution < 1.29 is 9.84 Å². The minimum Gasteiger partial charge on any atom is -0.491 e. The number of nitrogens with zero attached hydrogens (tertiary/aromatic N) is 1. The second-order valence-corrected chi connectivity index (χ2v) is 6.69. The largest absolute Gasteiger partial charge is 0.491 e. The van der Waals surface area contributed by atoms with E-state index in [-0.39, 0.29) is 5.54 Å². The van der Waals surface area contributed by atoms with Gasteiger partial charge in [0.15, 0.2) is 0 Å². The summed E-state index contributed by atoms with van der Waals surface area (Å²) < 4.78 is 6.88. The van der Waals surface area contributed by atoms with Gasteiger partial charge < -0.3 is 9.84 Å². The van der Waals surface area contributed by atoms with E-state index < -0.39 is 6.10 Å². The van der Waals surface area contributed by atoms with E-state index in [0.29, 0.717) is 6.61 Å². The van der Waals surface area contributed by atoms with E-state index in [0.717, 1.165) is 28.9 Å². The minimum atomic E-state index is -0.494. The molecule has 0 amide bonds. The van der Waals surface area contributed by atoms with Crippen LogP contribution in [0, 0.1) is 0 Å². The first-order valence-corrected chi connectivity index (χ1v) is 7.76. The summed E-state index contributed by atoms with van der Waals surface area (Å²) in [7, 11) is 0. The van der Waals surface area contributed by atoms with E-state index in [1.165, 1.54) is 19.3 Å². The van der Waals surface area contributed by atoms with Gasteiger partial charge in [-0.05, 0) is 51.1 Å². The molecule has 1 aromatic rings. The van der Waals surface area contributed by atoms with Gasteiger partial charge in [-0.25, -0.2) is 0 Å². The fourth-order valence-corrected chi connectivity index (χ4v) is 3.55. The summed E-state index contributed by atoms with van der Waals surface area (Å²) in [4.78, 5) is 2.39. The van der Waals surface area contributed by atoms with Crippen molar-refractivity contribution in [3.8, 4) is 5.75 Å². The van der Waals surface area contributed by atoms with Crippen LogP contribution in [0.3, 0.4) is 0 Å². The summed E-state index contributed by atoms with van der Waals surface area (Å²) in [5.74, 6) is 0.810. The van der Waals surface area contributed by atoms with Crippen LogP contribution in [0.1, 0.15) is 37.9 Å². The van der Waals surface area contributed by atoms with Gasteiger partial charge in [-0.15, -0.1) is 0 Å². The summed E-state index contributed by atoms with van der Waals surface area (Å²) in [6.45, 7) is 4.79. The molecule has 0 bridgehead atoms. The number of likely N-dealkylation sites (tertiary alicyclic amines) is 1. The van der Waals surface area contributed by atoms with E-state index in [1.54, 1.807) is 0 Å². The second kappa shape index (κ2) is 5.08. The molecule has 3 rings (SSSR count). The Hall–Kier alpha value is -0.580.